The SMILES string of the molecule is CC(C)C(N)C(=O)C1(C(=O)c2ccc(Cl)cc2)CCNCC1. The van der Waals surface area contributed by atoms with Crippen LogP contribution in [-0.4, -0.2) is 30.7 Å². The lowest BCUT2D eigenvalue weighted by molar-refractivity contribution is -0.129. The number of benzene rings is 1. The summed E-state index contributed by atoms with van der Waals surface area (Å²) in [7, 11) is 0. The summed E-state index contributed by atoms with van der Waals surface area (Å²) < 4.78 is 0. The summed E-state index contributed by atoms with van der Waals surface area (Å²) in [5, 5.41) is 3.78. The van der Waals surface area contributed by atoms with Gasteiger partial charge >= 0.3 is 0 Å². The van der Waals surface area contributed by atoms with E-state index in [2.05, 4.69) is 5.32 Å². The molecule has 22 heavy (non-hydrogen) atoms. The number of carbonyl (C=O) groups excluding carboxylic acids is 2. The Kier molecular flexibility index (Phi) is 5.37. The van der Waals surface area contributed by atoms with Crippen LogP contribution in [0.5, 0.6) is 0 Å². The lowest BCUT2D eigenvalue weighted by Gasteiger charge is -2.37. The van der Waals surface area contributed by atoms with Gasteiger partial charge in [0.05, 0.1) is 11.5 Å². The monoisotopic (exact) mass is 322 g/mol. The fourth-order valence-electron chi connectivity index (χ4n) is 2.94. The third-order valence-electron chi connectivity index (χ3n) is 4.49. The quantitative estimate of drug-likeness (QED) is 0.645. The molecule has 1 aliphatic rings. The van der Waals surface area contributed by atoms with E-state index < -0.39 is 11.5 Å². The lowest BCUT2D eigenvalue weighted by Crippen LogP contribution is -2.54. The Morgan fingerprint density at radius 3 is 2.23 bits per heavy atom. The Morgan fingerprint density at radius 2 is 1.73 bits per heavy atom. The van der Waals surface area contributed by atoms with E-state index >= 15 is 0 Å². The number of nitrogens with one attached hydrogen (secondary N) is 1. The number of Topliss-reactive ketones (excluding diaryl/α,β-unsaturated/α-hetero) is 2. The van der Waals surface area contributed by atoms with Gasteiger partial charge < -0.3 is 11.1 Å². The van der Waals surface area contributed by atoms with Gasteiger partial charge in [0.1, 0.15) is 0 Å². The third-order valence-corrected chi connectivity index (χ3v) is 4.74. The zero-order valence-corrected chi connectivity index (χ0v) is 13.8. The molecular weight excluding hydrogens is 300 g/mol. The molecular formula is C17H23ClN2O2. The number of carbonyl (C=O) groups is 2. The van der Waals surface area contributed by atoms with Crippen molar-refractivity contribution in [3.63, 3.8) is 0 Å². The molecule has 4 nitrogen and oxygen atoms in total. The minimum absolute atomic E-state index is 0.0114. The van der Waals surface area contributed by atoms with Crippen molar-refractivity contribution in [1.82, 2.24) is 5.32 Å². The van der Waals surface area contributed by atoms with Gasteiger partial charge in [-0.3, -0.25) is 9.59 Å². The summed E-state index contributed by atoms with van der Waals surface area (Å²) in [6.45, 7) is 5.11. The highest BCUT2D eigenvalue weighted by molar-refractivity contribution is 6.30. The fourth-order valence-corrected chi connectivity index (χ4v) is 3.06. The van der Waals surface area contributed by atoms with Gasteiger partial charge in [-0.1, -0.05) is 25.4 Å². The molecule has 5 heteroatoms. The van der Waals surface area contributed by atoms with Gasteiger partial charge in [0, 0.05) is 10.6 Å². The zero-order chi connectivity index (χ0) is 16.3. The molecule has 1 aromatic carbocycles. The molecule has 1 saturated heterocycles. The number of piperidine rings is 1. The van der Waals surface area contributed by atoms with Crippen molar-refractivity contribution in [1.29, 1.82) is 0 Å². The van der Waals surface area contributed by atoms with Gasteiger partial charge in [-0.05, 0) is 56.1 Å². The van der Waals surface area contributed by atoms with E-state index in [1.165, 1.54) is 0 Å². The van der Waals surface area contributed by atoms with Crippen LogP contribution in [0, 0.1) is 11.3 Å². The van der Waals surface area contributed by atoms with Crippen molar-refractivity contribution in [2.24, 2.45) is 17.1 Å². The highest BCUT2D eigenvalue weighted by Gasteiger charge is 2.48. The van der Waals surface area contributed by atoms with Crippen LogP contribution in [0.4, 0.5) is 0 Å². The number of hydrogen-bond acceptors (Lipinski definition) is 4. The molecule has 0 spiro atoms. The summed E-state index contributed by atoms with van der Waals surface area (Å²) in [4.78, 5) is 26.0. The van der Waals surface area contributed by atoms with Crippen LogP contribution < -0.4 is 11.1 Å². The molecule has 1 heterocycles. The predicted octanol–water partition coefficient (Wildman–Crippen LogP) is 2.44. The topological polar surface area (TPSA) is 72.2 Å². The van der Waals surface area contributed by atoms with E-state index in [1.807, 2.05) is 13.8 Å². The maximum absolute atomic E-state index is 13.1. The number of rotatable bonds is 5. The molecule has 1 aliphatic heterocycles. The molecule has 1 unspecified atom stereocenters. The maximum atomic E-state index is 13.1. The summed E-state index contributed by atoms with van der Waals surface area (Å²) in [5.74, 6) is -0.256. The van der Waals surface area contributed by atoms with Crippen LogP contribution in [0.2, 0.25) is 5.02 Å². The molecule has 2 rings (SSSR count). The molecule has 0 aromatic heterocycles. The van der Waals surface area contributed by atoms with Crippen LogP contribution in [-0.2, 0) is 4.79 Å². The Hall–Kier alpha value is -1.23. The normalized spacial score (nSPS) is 19.0. The van der Waals surface area contributed by atoms with E-state index in [0.717, 1.165) is 0 Å². The Balaban J connectivity index is 2.38. The van der Waals surface area contributed by atoms with E-state index in [1.54, 1.807) is 24.3 Å². The molecule has 0 amide bonds. The van der Waals surface area contributed by atoms with Crippen LogP contribution in [0.1, 0.15) is 37.0 Å². The van der Waals surface area contributed by atoms with Gasteiger partial charge in [-0.25, -0.2) is 0 Å². The highest BCUT2D eigenvalue weighted by atomic mass is 35.5. The second kappa shape index (κ2) is 6.90. The molecule has 0 saturated carbocycles. The highest BCUT2D eigenvalue weighted by Crippen LogP contribution is 2.36. The van der Waals surface area contributed by atoms with Crippen LogP contribution >= 0.6 is 11.6 Å². The summed E-state index contributed by atoms with van der Waals surface area (Å²) >= 11 is 5.88. The van der Waals surface area contributed by atoms with E-state index in [-0.39, 0.29) is 17.5 Å². The van der Waals surface area contributed by atoms with Crippen LogP contribution in [0.15, 0.2) is 24.3 Å². The van der Waals surface area contributed by atoms with Crippen molar-refractivity contribution in [3.8, 4) is 0 Å². The first-order valence-electron chi connectivity index (χ1n) is 7.69. The minimum atomic E-state index is -1.01. The lowest BCUT2D eigenvalue weighted by atomic mass is 9.67. The first kappa shape index (κ1) is 17.1. The molecule has 3 N–H and O–H groups in total. The smallest absolute Gasteiger partial charge is 0.176 e. The number of hydrogen-bond donors (Lipinski definition) is 2. The molecule has 0 radical (unpaired) electrons. The molecule has 1 atom stereocenters. The Labute approximate surface area is 136 Å². The molecule has 1 fully saturated rings. The van der Waals surface area contributed by atoms with Gasteiger partial charge in [-0.15, -0.1) is 0 Å². The first-order valence-corrected chi connectivity index (χ1v) is 8.07. The largest absolute Gasteiger partial charge is 0.321 e. The second-order valence-corrected chi connectivity index (χ2v) is 6.74. The van der Waals surface area contributed by atoms with E-state index in [9.17, 15) is 9.59 Å². The standard InChI is InChI=1S/C17H23ClN2O2/c1-11(2)14(19)16(22)17(7-9-20-10-8-17)15(21)12-3-5-13(18)6-4-12/h3-6,11,14,20H,7-10,19H2,1-2H3. The summed E-state index contributed by atoms with van der Waals surface area (Å²) in [6, 6.07) is 6.10. The maximum Gasteiger partial charge on any atom is 0.176 e. The van der Waals surface area contributed by atoms with Gasteiger partial charge in [0.2, 0.25) is 0 Å². The van der Waals surface area contributed by atoms with Crippen molar-refractivity contribution in [2.75, 3.05) is 13.1 Å². The van der Waals surface area contributed by atoms with Crippen LogP contribution in [0.3, 0.4) is 0 Å². The Bertz CT molecular complexity index is 548. The summed E-state index contributed by atoms with van der Waals surface area (Å²) in [6.07, 6.45) is 0.988. The molecule has 120 valence electrons. The predicted molar refractivity (Wildman–Crippen MR) is 88.1 cm³/mol. The van der Waals surface area contributed by atoms with Crippen LogP contribution in [0.25, 0.3) is 0 Å². The fraction of sp³-hybridized carbons (Fsp3) is 0.529. The Morgan fingerprint density at radius 1 is 1.18 bits per heavy atom. The molecule has 0 bridgehead atoms. The van der Waals surface area contributed by atoms with Gasteiger partial charge in [0.25, 0.3) is 0 Å². The average Bonchev–Trinajstić information content (AvgIpc) is 2.54. The van der Waals surface area contributed by atoms with Crippen molar-refractivity contribution >= 4 is 23.2 Å². The van der Waals surface area contributed by atoms with E-state index in [0.29, 0.717) is 36.5 Å². The zero-order valence-electron chi connectivity index (χ0n) is 13.1. The number of nitrogens with two attached hydrogens (primary N) is 1. The molecule has 0 aliphatic carbocycles. The second-order valence-electron chi connectivity index (χ2n) is 6.30. The minimum Gasteiger partial charge on any atom is -0.321 e. The summed E-state index contributed by atoms with van der Waals surface area (Å²) in [5.41, 5.74) is 5.59. The van der Waals surface area contributed by atoms with Crippen molar-refractivity contribution in [3.05, 3.63) is 34.9 Å². The average molecular weight is 323 g/mol. The first-order chi connectivity index (χ1) is 10.4. The van der Waals surface area contributed by atoms with Gasteiger partial charge in [-0.2, -0.15) is 0 Å². The van der Waals surface area contributed by atoms with E-state index in [4.69, 9.17) is 17.3 Å². The molecule has 1 aromatic rings. The number of ketones is 2. The number of halogens is 1. The van der Waals surface area contributed by atoms with Crippen molar-refractivity contribution in [2.45, 2.75) is 32.7 Å². The van der Waals surface area contributed by atoms with Crippen molar-refractivity contribution < 1.29 is 9.59 Å². The third kappa shape index (κ3) is 3.24. The van der Waals surface area contributed by atoms with Gasteiger partial charge in [0.15, 0.2) is 11.6 Å².